The molecule has 2 saturated heterocycles. The fourth-order valence-corrected chi connectivity index (χ4v) is 3.74. The van der Waals surface area contributed by atoms with Crippen molar-refractivity contribution in [1.29, 1.82) is 0 Å². The molecule has 0 unspecified atom stereocenters. The Bertz CT molecular complexity index is 597. The van der Waals surface area contributed by atoms with Gasteiger partial charge < -0.3 is 19.5 Å². The van der Waals surface area contributed by atoms with Crippen molar-refractivity contribution in [2.75, 3.05) is 33.9 Å². The van der Waals surface area contributed by atoms with Crippen LogP contribution in [-0.2, 0) is 4.74 Å². The van der Waals surface area contributed by atoms with E-state index < -0.39 is 0 Å². The van der Waals surface area contributed by atoms with Crippen LogP contribution in [0.4, 0.5) is 0 Å². The molecule has 1 N–H and O–H groups in total. The van der Waals surface area contributed by atoms with E-state index in [9.17, 15) is 4.79 Å². The molecule has 25 heavy (non-hydrogen) atoms. The molecule has 1 aromatic carbocycles. The van der Waals surface area contributed by atoms with Crippen LogP contribution in [0.3, 0.4) is 0 Å². The van der Waals surface area contributed by atoms with E-state index in [0.717, 1.165) is 26.1 Å². The lowest BCUT2D eigenvalue weighted by Crippen LogP contribution is -2.48. The van der Waals surface area contributed by atoms with Crippen LogP contribution in [0, 0.1) is 5.92 Å². The Morgan fingerprint density at radius 1 is 1.24 bits per heavy atom. The lowest BCUT2D eigenvalue weighted by molar-refractivity contribution is -0.0683. The van der Waals surface area contributed by atoms with E-state index in [0.29, 0.717) is 29.0 Å². The van der Waals surface area contributed by atoms with Crippen LogP contribution in [0.15, 0.2) is 18.2 Å². The highest BCUT2D eigenvalue weighted by Gasteiger charge is 2.39. The second-order valence-corrected chi connectivity index (χ2v) is 7.17. The molecule has 3 rings (SSSR count). The number of rotatable bonds is 5. The van der Waals surface area contributed by atoms with Gasteiger partial charge in [0.1, 0.15) is 17.1 Å². The zero-order valence-electron chi connectivity index (χ0n) is 15.5. The summed E-state index contributed by atoms with van der Waals surface area (Å²) in [6.45, 7) is 6.92. The first-order valence-electron chi connectivity index (χ1n) is 8.91. The van der Waals surface area contributed by atoms with Crippen molar-refractivity contribution >= 4 is 5.91 Å². The van der Waals surface area contributed by atoms with Crippen molar-refractivity contribution in [2.45, 2.75) is 38.5 Å². The Kier molecular flexibility index (Phi) is 5.49. The quantitative estimate of drug-likeness (QED) is 0.881. The Morgan fingerprint density at radius 3 is 2.52 bits per heavy atom. The van der Waals surface area contributed by atoms with E-state index in [1.54, 1.807) is 26.4 Å². The minimum atomic E-state index is -0.152. The molecule has 0 radical (unpaired) electrons. The summed E-state index contributed by atoms with van der Waals surface area (Å²) in [6.07, 6.45) is 1.19. The number of nitrogens with zero attached hydrogens (tertiary/aromatic N) is 1. The molecule has 138 valence electrons. The second kappa shape index (κ2) is 7.62. The number of hydrogen-bond acceptors (Lipinski definition) is 5. The Labute approximate surface area is 149 Å². The van der Waals surface area contributed by atoms with Crippen LogP contribution in [0.5, 0.6) is 11.5 Å². The van der Waals surface area contributed by atoms with Gasteiger partial charge in [0.2, 0.25) is 0 Å². The number of methoxy groups -OCH3 is 2. The molecule has 1 aromatic rings. The highest BCUT2D eigenvalue weighted by atomic mass is 16.5. The van der Waals surface area contributed by atoms with Crippen LogP contribution in [-0.4, -0.2) is 62.9 Å². The maximum Gasteiger partial charge on any atom is 0.259 e. The molecule has 0 bridgehead atoms. The van der Waals surface area contributed by atoms with Gasteiger partial charge in [-0.25, -0.2) is 0 Å². The van der Waals surface area contributed by atoms with Crippen molar-refractivity contribution in [1.82, 2.24) is 10.2 Å². The predicted molar refractivity (Wildman–Crippen MR) is 95.4 cm³/mol. The average molecular weight is 348 g/mol. The van der Waals surface area contributed by atoms with Gasteiger partial charge in [0.25, 0.3) is 5.91 Å². The summed E-state index contributed by atoms with van der Waals surface area (Å²) in [6, 6.07) is 5.86. The normalized spacial score (nSPS) is 26.4. The topological polar surface area (TPSA) is 60.0 Å². The monoisotopic (exact) mass is 348 g/mol. The van der Waals surface area contributed by atoms with Crippen LogP contribution in [0.1, 0.15) is 30.6 Å². The predicted octanol–water partition coefficient (Wildman–Crippen LogP) is 1.93. The van der Waals surface area contributed by atoms with Crippen LogP contribution in [0.2, 0.25) is 0 Å². The summed E-state index contributed by atoms with van der Waals surface area (Å²) < 4.78 is 16.6. The number of hydrogen-bond donors (Lipinski definition) is 1. The SMILES string of the molecule is COc1cccc(OC)c1C(=O)N[C@@H]1C[C@H]2CO[C@@H](C(C)C)CN2C1. The lowest BCUT2D eigenvalue weighted by Gasteiger charge is -2.36. The lowest BCUT2D eigenvalue weighted by atomic mass is 10.0. The zero-order valence-corrected chi connectivity index (χ0v) is 15.5. The Balaban J connectivity index is 1.67. The first-order chi connectivity index (χ1) is 12.0. The first-order valence-corrected chi connectivity index (χ1v) is 8.91. The van der Waals surface area contributed by atoms with Crippen LogP contribution >= 0.6 is 0 Å². The highest BCUT2D eigenvalue weighted by Crippen LogP contribution is 2.30. The summed E-state index contributed by atoms with van der Waals surface area (Å²) in [4.78, 5) is 15.3. The molecule has 0 saturated carbocycles. The van der Waals surface area contributed by atoms with Gasteiger partial charge in [-0.3, -0.25) is 9.69 Å². The van der Waals surface area contributed by atoms with E-state index in [2.05, 4.69) is 24.1 Å². The van der Waals surface area contributed by atoms with E-state index in [-0.39, 0.29) is 18.1 Å². The number of carbonyl (C=O) groups excluding carboxylic acids is 1. The standard InChI is InChI=1S/C19H28N2O4/c1-12(2)17-10-21-9-13(8-14(21)11-25-17)20-19(22)18-15(23-3)6-5-7-16(18)24-4/h5-7,12-14,17H,8-11H2,1-4H3,(H,20,22)/t13-,14+,17-/m1/s1. The molecular formula is C19H28N2O4. The van der Waals surface area contributed by atoms with Crippen molar-refractivity contribution in [3.05, 3.63) is 23.8 Å². The van der Waals surface area contributed by atoms with Crippen molar-refractivity contribution < 1.29 is 19.0 Å². The summed E-state index contributed by atoms with van der Waals surface area (Å²) >= 11 is 0. The van der Waals surface area contributed by atoms with Gasteiger partial charge in [-0.15, -0.1) is 0 Å². The van der Waals surface area contributed by atoms with Gasteiger partial charge in [-0.2, -0.15) is 0 Å². The van der Waals surface area contributed by atoms with E-state index in [4.69, 9.17) is 14.2 Å². The molecule has 1 amide bonds. The van der Waals surface area contributed by atoms with Crippen molar-refractivity contribution in [3.8, 4) is 11.5 Å². The van der Waals surface area contributed by atoms with Gasteiger partial charge in [0.05, 0.1) is 26.9 Å². The van der Waals surface area contributed by atoms with Crippen molar-refractivity contribution in [2.24, 2.45) is 5.92 Å². The summed E-state index contributed by atoms with van der Waals surface area (Å²) in [5, 5.41) is 3.15. The molecule has 2 fully saturated rings. The second-order valence-electron chi connectivity index (χ2n) is 7.17. The van der Waals surface area contributed by atoms with Gasteiger partial charge in [0.15, 0.2) is 0 Å². The molecule has 0 spiro atoms. The molecule has 0 aliphatic carbocycles. The molecule has 3 atom stereocenters. The Hall–Kier alpha value is -1.79. The molecule has 2 heterocycles. The molecule has 2 aliphatic rings. The smallest absolute Gasteiger partial charge is 0.259 e. The minimum absolute atomic E-state index is 0.113. The number of carbonyl (C=O) groups is 1. The molecule has 0 aromatic heterocycles. The molecule has 6 heteroatoms. The van der Waals surface area contributed by atoms with E-state index >= 15 is 0 Å². The molecule has 2 aliphatic heterocycles. The number of morpholine rings is 1. The average Bonchev–Trinajstić information content (AvgIpc) is 3.01. The van der Waals surface area contributed by atoms with Gasteiger partial charge >= 0.3 is 0 Å². The largest absolute Gasteiger partial charge is 0.496 e. The van der Waals surface area contributed by atoms with E-state index in [1.165, 1.54) is 0 Å². The minimum Gasteiger partial charge on any atom is -0.496 e. The number of nitrogens with one attached hydrogen (secondary N) is 1. The molecular weight excluding hydrogens is 320 g/mol. The van der Waals surface area contributed by atoms with Crippen molar-refractivity contribution in [3.63, 3.8) is 0 Å². The van der Waals surface area contributed by atoms with Gasteiger partial charge in [-0.1, -0.05) is 19.9 Å². The number of benzene rings is 1. The van der Waals surface area contributed by atoms with Gasteiger partial charge in [0, 0.05) is 25.2 Å². The maximum absolute atomic E-state index is 12.8. The van der Waals surface area contributed by atoms with Crippen LogP contribution in [0.25, 0.3) is 0 Å². The van der Waals surface area contributed by atoms with Crippen LogP contribution < -0.4 is 14.8 Å². The van der Waals surface area contributed by atoms with E-state index in [1.807, 2.05) is 6.07 Å². The first kappa shape index (κ1) is 18.0. The third-order valence-corrected chi connectivity index (χ3v) is 5.18. The maximum atomic E-state index is 12.8. The summed E-state index contributed by atoms with van der Waals surface area (Å²) in [5.41, 5.74) is 0.452. The Morgan fingerprint density at radius 2 is 1.92 bits per heavy atom. The number of fused-ring (bicyclic) bond motifs is 1. The summed E-state index contributed by atoms with van der Waals surface area (Å²) in [7, 11) is 3.12. The third-order valence-electron chi connectivity index (χ3n) is 5.18. The highest BCUT2D eigenvalue weighted by molar-refractivity contribution is 5.99. The number of amides is 1. The fraction of sp³-hybridized carbons (Fsp3) is 0.632. The zero-order chi connectivity index (χ0) is 18.0. The number of ether oxygens (including phenoxy) is 3. The molecule has 6 nitrogen and oxygen atoms in total. The summed E-state index contributed by atoms with van der Waals surface area (Å²) in [5.74, 6) is 1.40. The third kappa shape index (κ3) is 3.75. The fourth-order valence-electron chi connectivity index (χ4n) is 3.74. The van der Waals surface area contributed by atoms with Gasteiger partial charge in [-0.05, 0) is 24.5 Å².